The third-order valence-corrected chi connectivity index (χ3v) is 5.28. The number of nitrogens with zero attached hydrogens (tertiary/aromatic N) is 2. The van der Waals surface area contributed by atoms with Crippen LogP contribution in [0.1, 0.15) is 24.8 Å². The van der Waals surface area contributed by atoms with E-state index in [2.05, 4.69) is 5.32 Å². The summed E-state index contributed by atoms with van der Waals surface area (Å²) in [6.45, 7) is -1.58. The van der Waals surface area contributed by atoms with Crippen molar-refractivity contribution in [3.63, 3.8) is 0 Å². The van der Waals surface area contributed by atoms with Crippen molar-refractivity contribution in [2.45, 2.75) is 31.5 Å². The van der Waals surface area contributed by atoms with Gasteiger partial charge in [-0.1, -0.05) is 0 Å². The number of hydrogen-bond acceptors (Lipinski definition) is 5. The highest BCUT2D eigenvalue weighted by molar-refractivity contribution is 6.10. The molecule has 3 N–H and O–H groups in total. The monoisotopic (exact) mass is 478 g/mol. The van der Waals surface area contributed by atoms with Gasteiger partial charge in [0.1, 0.15) is 6.61 Å². The van der Waals surface area contributed by atoms with Gasteiger partial charge in [-0.05, 0) is 37.0 Å². The molecule has 1 atom stereocenters. The molecule has 1 aliphatic heterocycles. The van der Waals surface area contributed by atoms with E-state index in [9.17, 15) is 36.3 Å². The summed E-state index contributed by atoms with van der Waals surface area (Å²) in [5, 5.41) is 2.12. The standard InChI is InChI=1S/C20H23F5N4O4/c21-17(22)13-7-12(29-5-6-33-9-15(29)30)3-4-14(13)27-19(32)16(18(26)31)28(8-11-1-2-11)10-20(23,24)25/h3-4,7,11,16-17H,1-2,5-6,8-10H2,(H2,26,31)(H,27,32)/t16-/m1/s1. The van der Waals surface area contributed by atoms with Crippen LogP contribution in [-0.2, 0) is 19.1 Å². The van der Waals surface area contributed by atoms with Gasteiger partial charge in [-0.15, -0.1) is 0 Å². The molecular weight excluding hydrogens is 455 g/mol. The van der Waals surface area contributed by atoms with Gasteiger partial charge in [-0.25, -0.2) is 8.78 Å². The second kappa shape index (κ2) is 10.00. The third-order valence-electron chi connectivity index (χ3n) is 5.28. The summed E-state index contributed by atoms with van der Waals surface area (Å²) in [5.74, 6) is -3.12. The largest absolute Gasteiger partial charge is 0.401 e. The minimum Gasteiger partial charge on any atom is -0.370 e. The number of alkyl halides is 5. The molecule has 3 rings (SSSR count). The molecule has 33 heavy (non-hydrogen) atoms. The van der Waals surface area contributed by atoms with E-state index in [1.54, 1.807) is 0 Å². The number of halogens is 5. The average Bonchev–Trinajstić information content (AvgIpc) is 3.51. The molecule has 13 heteroatoms. The van der Waals surface area contributed by atoms with Gasteiger partial charge < -0.3 is 20.7 Å². The van der Waals surface area contributed by atoms with Gasteiger partial charge >= 0.3 is 6.18 Å². The first-order valence-corrected chi connectivity index (χ1v) is 10.2. The number of hydrogen-bond donors (Lipinski definition) is 2. The van der Waals surface area contributed by atoms with Gasteiger partial charge in [0.2, 0.25) is 5.91 Å². The maximum absolute atomic E-state index is 13.7. The van der Waals surface area contributed by atoms with Crippen molar-refractivity contribution in [1.82, 2.24) is 4.90 Å². The van der Waals surface area contributed by atoms with Crippen LogP contribution in [0.15, 0.2) is 18.2 Å². The molecule has 0 unspecified atom stereocenters. The van der Waals surface area contributed by atoms with Crippen molar-refractivity contribution in [2.24, 2.45) is 11.7 Å². The van der Waals surface area contributed by atoms with Crippen LogP contribution in [-0.4, -0.2) is 67.7 Å². The van der Waals surface area contributed by atoms with Gasteiger partial charge in [-0.3, -0.25) is 19.3 Å². The fourth-order valence-corrected chi connectivity index (χ4v) is 3.60. The molecule has 0 spiro atoms. The van der Waals surface area contributed by atoms with Crippen LogP contribution in [0.2, 0.25) is 0 Å². The topological polar surface area (TPSA) is 105 Å². The summed E-state index contributed by atoms with van der Waals surface area (Å²) in [6.07, 6.45) is -6.48. The maximum Gasteiger partial charge on any atom is 0.401 e. The van der Waals surface area contributed by atoms with E-state index in [1.807, 2.05) is 0 Å². The zero-order chi connectivity index (χ0) is 24.3. The van der Waals surface area contributed by atoms with E-state index < -0.39 is 54.2 Å². The lowest BCUT2D eigenvalue weighted by atomic mass is 10.1. The van der Waals surface area contributed by atoms with Crippen molar-refractivity contribution in [1.29, 1.82) is 0 Å². The van der Waals surface area contributed by atoms with Gasteiger partial charge in [-0.2, -0.15) is 13.2 Å². The molecule has 1 heterocycles. The Morgan fingerprint density at radius 3 is 2.52 bits per heavy atom. The number of anilines is 2. The molecule has 182 valence electrons. The molecule has 8 nitrogen and oxygen atoms in total. The number of nitrogens with one attached hydrogen (secondary N) is 1. The predicted octanol–water partition coefficient (Wildman–Crippen LogP) is 2.05. The number of morpholine rings is 1. The molecule has 1 saturated heterocycles. The minimum absolute atomic E-state index is 0.107. The summed E-state index contributed by atoms with van der Waals surface area (Å²) in [4.78, 5) is 38.5. The van der Waals surface area contributed by atoms with Crippen molar-refractivity contribution >= 4 is 29.1 Å². The highest BCUT2D eigenvalue weighted by Gasteiger charge is 2.41. The molecule has 1 aromatic carbocycles. The van der Waals surface area contributed by atoms with Crippen LogP contribution < -0.4 is 16.0 Å². The second-order valence-electron chi connectivity index (χ2n) is 7.95. The van der Waals surface area contributed by atoms with Crippen molar-refractivity contribution in [3.8, 4) is 0 Å². The van der Waals surface area contributed by atoms with Crippen LogP contribution in [0.4, 0.5) is 33.3 Å². The van der Waals surface area contributed by atoms with Crippen LogP contribution in [0.25, 0.3) is 0 Å². The number of nitrogens with two attached hydrogens (primary N) is 1. The Hall–Kier alpha value is -2.80. The molecule has 1 aliphatic carbocycles. The molecule has 0 radical (unpaired) electrons. The van der Waals surface area contributed by atoms with E-state index in [0.717, 1.165) is 12.1 Å². The molecule has 0 bridgehead atoms. The fourth-order valence-electron chi connectivity index (χ4n) is 3.60. The molecule has 3 amide bonds. The van der Waals surface area contributed by atoms with E-state index in [0.29, 0.717) is 17.7 Å². The fraction of sp³-hybridized carbons (Fsp3) is 0.550. The van der Waals surface area contributed by atoms with Crippen molar-refractivity contribution in [2.75, 3.05) is 43.1 Å². The average molecular weight is 478 g/mol. The Kier molecular flexibility index (Phi) is 7.52. The maximum atomic E-state index is 13.7. The molecule has 2 fully saturated rings. The van der Waals surface area contributed by atoms with Gasteiger partial charge in [0, 0.05) is 30.0 Å². The zero-order valence-corrected chi connectivity index (χ0v) is 17.4. The van der Waals surface area contributed by atoms with E-state index in [1.165, 1.54) is 11.0 Å². The smallest absolute Gasteiger partial charge is 0.370 e. The zero-order valence-electron chi connectivity index (χ0n) is 17.4. The number of ether oxygens (including phenoxy) is 1. The Bertz CT molecular complexity index is 907. The number of carbonyl (C=O) groups is 3. The highest BCUT2D eigenvalue weighted by atomic mass is 19.4. The van der Waals surface area contributed by atoms with E-state index >= 15 is 0 Å². The van der Waals surface area contributed by atoms with Gasteiger partial charge in [0.25, 0.3) is 18.2 Å². The Morgan fingerprint density at radius 2 is 1.97 bits per heavy atom. The molecular formula is C20H23F5N4O4. The first-order chi connectivity index (χ1) is 15.5. The lowest BCUT2D eigenvalue weighted by molar-refractivity contribution is -0.157. The number of carbonyl (C=O) groups excluding carboxylic acids is 3. The lowest BCUT2D eigenvalue weighted by Gasteiger charge is -2.30. The minimum atomic E-state index is -4.71. The summed E-state index contributed by atoms with van der Waals surface area (Å²) < 4.78 is 71.6. The van der Waals surface area contributed by atoms with E-state index in [4.69, 9.17) is 10.5 Å². The summed E-state index contributed by atoms with van der Waals surface area (Å²) in [6, 6.07) is 1.41. The summed E-state index contributed by atoms with van der Waals surface area (Å²) >= 11 is 0. The number of rotatable bonds is 9. The first-order valence-electron chi connectivity index (χ1n) is 10.2. The van der Waals surface area contributed by atoms with Crippen LogP contribution >= 0.6 is 0 Å². The molecule has 1 saturated carbocycles. The third kappa shape index (κ3) is 6.60. The van der Waals surface area contributed by atoms with Gasteiger partial charge in [0.15, 0.2) is 6.04 Å². The highest BCUT2D eigenvalue weighted by Crippen LogP contribution is 2.34. The van der Waals surface area contributed by atoms with Crippen molar-refractivity contribution < 1.29 is 41.1 Å². The predicted molar refractivity (Wildman–Crippen MR) is 107 cm³/mol. The van der Waals surface area contributed by atoms with Crippen LogP contribution in [0.3, 0.4) is 0 Å². The quantitative estimate of drug-likeness (QED) is 0.418. The second-order valence-corrected chi connectivity index (χ2v) is 7.95. The molecule has 2 aliphatic rings. The van der Waals surface area contributed by atoms with Crippen molar-refractivity contribution in [3.05, 3.63) is 23.8 Å². The normalized spacial score (nSPS) is 18.0. The Labute approximate surface area is 185 Å². The first kappa shape index (κ1) is 24.8. The lowest BCUT2D eigenvalue weighted by Crippen LogP contribution is -2.55. The Balaban J connectivity index is 1.85. The SMILES string of the molecule is NC(=O)[C@H](C(=O)Nc1ccc(N2CCOCC2=O)cc1C(F)F)N(CC1CC1)CC(F)(F)F. The molecule has 1 aromatic rings. The molecule has 0 aromatic heterocycles. The van der Waals surface area contributed by atoms with Crippen LogP contribution in [0, 0.1) is 5.92 Å². The number of benzene rings is 1. The Morgan fingerprint density at radius 1 is 1.27 bits per heavy atom. The van der Waals surface area contributed by atoms with E-state index in [-0.39, 0.29) is 37.9 Å². The summed E-state index contributed by atoms with van der Waals surface area (Å²) in [7, 11) is 0. The van der Waals surface area contributed by atoms with Gasteiger partial charge in [0.05, 0.1) is 13.2 Å². The van der Waals surface area contributed by atoms with Crippen LogP contribution in [0.5, 0.6) is 0 Å². The number of amides is 3. The summed E-state index contributed by atoms with van der Waals surface area (Å²) in [5.41, 5.74) is 4.32. The number of primary amides is 1.